The van der Waals surface area contributed by atoms with Crippen molar-refractivity contribution in [2.45, 2.75) is 26.3 Å². The number of aromatic nitrogens is 1. The molecule has 1 amide bonds. The highest BCUT2D eigenvalue weighted by molar-refractivity contribution is 7.22. The van der Waals surface area contributed by atoms with Crippen LogP contribution in [0, 0.1) is 0 Å². The Morgan fingerprint density at radius 2 is 1.79 bits per heavy atom. The van der Waals surface area contributed by atoms with E-state index in [1.807, 2.05) is 26.0 Å². The number of benzene rings is 3. The number of nitrogens with zero attached hydrogens (tertiary/aromatic N) is 2. The van der Waals surface area contributed by atoms with Crippen LogP contribution in [0.2, 0.25) is 0 Å². The average molecular weight is 545 g/mol. The second-order valence-electron chi connectivity index (χ2n) is 8.85. The molecule has 200 valence electrons. The first-order valence-electron chi connectivity index (χ1n) is 12.7. The van der Waals surface area contributed by atoms with Gasteiger partial charge in [-0.2, -0.15) is 0 Å². The number of methoxy groups -OCH3 is 1. The van der Waals surface area contributed by atoms with E-state index in [1.165, 1.54) is 16.2 Å². The average Bonchev–Trinajstić information content (AvgIpc) is 3.50. The molecule has 1 fully saturated rings. The summed E-state index contributed by atoms with van der Waals surface area (Å²) in [4.78, 5) is 33.1. The molecule has 0 radical (unpaired) electrons. The van der Waals surface area contributed by atoms with E-state index in [2.05, 4.69) is 4.98 Å². The van der Waals surface area contributed by atoms with Gasteiger partial charge in [0.05, 0.1) is 42.2 Å². The Kier molecular flexibility index (Phi) is 7.51. The molecule has 4 aromatic rings. The van der Waals surface area contributed by atoms with Gasteiger partial charge in [-0.3, -0.25) is 14.5 Å². The zero-order valence-corrected chi connectivity index (χ0v) is 22.7. The minimum Gasteiger partial charge on any atom is -0.507 e. The summed E-state index contributed by atoms with van der Waals surface area (Å²) >= 11 is 1.27. The largest absolute Gasteiger partial charge is 0.507 e. The molecule has 1 aromatic heterocycles. The minimum absolute atomic E-state index is 0.0206. The maximum absolute atomic E-state index is 13.6. The van der Waals surface area contributed by atoms with Gasteiger partial charge in [-0.25, -0.2) is 4.98 Å². The van der Waals surface area contributed by atoms with Crippen molar-refractivity contribution in [1.29, 1.82) is 0 Å². The van der Waals surface area contributed by atoms with Gasteiger partial charge in [0.15, 0.2) is 16.6 Å². The smallest absolute Gasteiger partial charge is 0.301 e. The number of anilines is 1. The number of ether oxygens (including phenoxy) is 3. The molecule has 0 bridgehead atoms. The second-order valence-corrected chi connectivity index (χ2v) is 9.86. The highest BCUT2D eigenvalue weighted by atomic mass is 32.1. The summed E-state index contributed by atoms with van der Waals surface area (Å²) in [6.45, 7) is 4.80. The lowest BCUT2D eigenvalue weighted by atomic mass is 9.95. The van der Waals surface area contributed by atoms with E-state index in [0.717, 1.165) is 11.1 Å². The van der Waals surface area contributed by atoms with Crippen LogP contribution in [-0.4, -0.2) is 42.1 Å². The summed E-state index contributed by atoms with van der Waals surface area (Å²) < 4.78 is 17.9. The Labute approximate surface area is 230 Å². The first-order valence-corrected chi connectivity index (χ1v) is 13.5. The lowest BCUT2D eigenvalue weighted by Gasteiger charge is -2.24. The van der Waals surface area contributed by atoms with Crippen LogP contribution in [0.5, 0.6) is 17.2 Å². The number of rotatable bonds is 9. The summed E-state index contributed by atoms with van der Waals surface area (Å²) in [5.41, 5.74) is 1.66. The molecule has 2 heterocycles. The number of hydrogen-bond donors (Lipinski definition) is 1. The molecule has 0 aliphatic carbocycles. The second kappa shape index (κ2) is 11.2. The van der Waals surface area contributed by atoms with Crippen molar-refractivity contribution in [2.75, 3.05) is 25.2 Å². The molecule has 1 saturated heterocycles. The number of Topliss-reactive ketones (excluding diaryl/α,β-unsaturated/α-hetero) is 1. The first kappa shape index (κ1) is 26.2. The molecule has 1 aliphatic rings. The molecule has 0 saturated carbocycles. The summed E-state index contributed by atoms with van der Waals surface area (Å²) in [6, 6.07) is 18.5. The summed E-state index contributed by atoms with van der Waals surface area (Å²) in [6.07, 6.45) is 0.826. The number of hydrogen-bond acceptors (Lipinski definition) is 8. The van der Waals surface area contributed by atoms with Crippen molar-refractivity contribution in [1.82, 2.24) is 4.98 Å². The van der Waals surface area contributed by atoms with Crippen LogP contribution >= 0.6 is 11.3 Å². The quantitative estimate of drug-likeness (QED) is 0.154. The van der Waals surface area contributed by atoms with Gasteiger partial charge in [0.25, 0.3) is 5.78 Å². The van der Waals surface area contributed by atoms with Crippen LogP contribution in [0.15, 0.2) is 72.3 Å². The van der Waals surface area contributed by atoms with Crippen LogP contribution in [0.3, 0.4) is 0 Å². The van der Waals surface area contributed by atoms with Crippen LogP contribution in [0.4, 0.5) is 5.13 Å². The van der Waals surface area contributed by atoms with Crippen molar-refractivity contribution >= 4 is 44.1 Å². The molecule has 1 aliphatic heterocycles. The molecular weight excluding hydrogens is 516 g/mol. The number of carbonyl (C=O) groups is 2. The molecular formula is C30H28N2O6S. The Balaban J connectivity index is 1.70. The lowest BCUT2D eigenvalue weighted by Crippen LogP contribution is -2.29. The van der Waals surface area contributed by atoms with Crippen molar-refractivity contribution in [3.8, 4) is 17.2 Å². The predicted molar refractivity (Wildman–Crippen MR) is 151 cm³/mol. The Morgan fingerprint density at radius 3 is 2.51 bits per heavy atom. The first-order chi connectivity index (χ1) is 19.0. The van der Waals surface area contributed by atoms with E-state index in [0.29, 0.717) is 52.2 Å². The fraction of sp³-hybridized carbons (Fsp3) is 0.233. The predicted octanol–water partition coefficient (Wildman–Crippen LogP) is 6.12. The van der Waals surface area contributed by atoms with E-state index < -0.39 is 17.7 Å². The number of fused-ring (bicyclic) bond motifs is 1. The maximum atomic E-state index is 13.6. The van der Waals surface area contributed by atoms with E-state index in [-0.39, 0.29) is 11.3 Å². The van der Waals surface area contributed by atoms with Gasteiger partial charge in [0.1, 0.15) is 11.5 Å². The standard InChI is InChI=1S/C30H28N2O6S/c1-4-15-38-22-14-11-19(16-23(22)37-5-2)26-25(27(33)18-9-7-6-8-10-18)28(34)29(35)32(26)30-31-21-13-12-20(36-3)17-24(21)39-30/h6-14,16-17,26,33H,4-5,15H2,1-3H3. The Hall–Kier alpha value is -4.37. The summed E-state index contributed by atoms with van der Waals surface area (Å²) in [7, 11) is 1.58. The molecule has 1 atom stereocenters. The van der Waals surface area contributed by atoms with Gasteiger partial charge < -0.3 is 19.3 Å². The van der Waals surface area contributed by atoms with E-state index in [9.17, 15) is 14.7 Å². The summed E-state index contributed by atoms with van der Waals surface area (Å²) in [5, 5.41) is 11.7. The normalized spacial score (nSPS) is 16.6. The third-order valence-electron chi connectivity index (χ3n) is 6.33. The molecule has 0 spiro atoms. The SMILES string of the molecule is CCCOc1ccc(C2C(=C(O)c3ccccc3)C(=O)C(=O)N2c2nc3ccc(OC)cc3s2)cc1OCC. The fourth-order valence-electron chi connectivity index (χ4n) is 4.51. The van der Waals surface area contributed by atoms with Gasteiger partial charge in [0.2, 0.25) is 0 Å². The summed E-state index contributed by atoms with van der Waals surface area (Å²) in [5.74, 6) is -0.106. The van der Waals surface area contributed by atoms with Gasteiger partial charge >= 0.3 is 5.91 Å². The van der Waals surface area contributed by atoms with Gasteiger partial charge in [-0.05, 0) is 49.2 Å². The molecule has 5 rings (SSSR count). The fourth-order valence-corrected chi connectivity index (χ4v) is 5.53. The highest BCUT2D eigenvalue weighted by Crippen LogP contribution is 2.46. The van der Waals surface area contributed by atoms with E-state index >= 15 is 0 Å². The van der Waals surface area contributed by atoms with Gasteiger partial charge in [-0.1, -0.05) is 54.7 Å². The number of carbonyl (C=O) groups excluding carboxylic acids is 2. The highest BCUT2D eigenvalue weighted by Gasteiger charge is 2.48. The number of thiazole rings is 1. The van der Waals surface area contributed by atoms with Gasteiger partial charge in [-0.15, -0.1) is 0 Å². The Bertz CT molecular complexity index is 1560. The number of aliphatic hydroxyl groups is 1. The zero-order valence-electron chi connectivity index (χ0n) is 21.8. The maximum Gasteiger partial charge on any atom is 0.301 e. The third-order valence-corrected chi connectivity index (χ3v) is 7.34. The van der Waals surface area contributed by atoms with Crippen molar-refractivity contribution in [3.05, 3.63) is 83.4 Å². The molecule has 9 heteroatoms. The van der Waals surface area contributed by atoms with Crippen molar-refractivity contribution in [2.24, 2.45) is 0 Å². The van der Waals surface area contributed by atoms with Crippen LogP contribution in [-0.2, 0) is 9.59 Å². The molecule has 1 N–H and O–H groups in total. The minimum atomic E-state index is -0.938. The van der Waals surface area contributed by atoms with Crippen LogP contribution < -0.4 is 19.1 Å². The number of aliphatic hydroxyl groups excluding tert-OH is 1. The third kappa shape index (κ3) is 4.93. The molecule has 39 heavy (non-hydrogen) atoms. The van der Waals surface area contributed by atoms with E-state index in [4.69, 9.17) is 14.2 Å². The zero-order chi connectivity index (χ0) is 27.5. The monoisotopic (exact) mass is 544 g/mol. The van der Waals surface area contributed by atoms with E-state index in [1.54, 1.807) is 61.7 Å². The lowest BCUT2D eigenvalue weighted by molar-refractivity contribution is -0.132. The topological polar surface area (TPSA) is 98.2 Å². The molecule has 1 unspecified atom stereocenters. The van der Waals surface area contributed by atoms with Gasteiger partial charge in [0, 0.05) is 5.56 Å². The Morgan fingerprint density at radius 1 is 1.00 bits per heavy atom. The van der Waals surface area contributed by atoms with Crippen molar-refractivity contribution in [3.63, 3.8) is 0 Å². The molecule has 3 aromatic carbocycles. The number of ketones is 1. The van der Waals surface area contributed by atoms with Crippen LogP contribution in [0.25, 0.3) is 16.0 Å². The van der Waals surface area contributed by atoms with Crippen molar-refractivity contribution < 1.29 is 28.9 Å². The number of amides is 1. The molecule has 8 nitrogen and oxygen atoms in total. The van der Waals surface area contributed by atoms with Crippen LogP contribution in [0.1, 0.15) is 37.4 Å².